The van der Waals surface area contributed by atoms with Crippen molar-refractivity contribution in [2.45, 2.75) is 32.6 Å². The van der Waals surface area contributed by atoms with E-state index >= 15 is 0 Å². The van der Waals surface area contributed by atoms with Gasteiger partial charge in [-0.2, -0.15) is 4.98 Å². The molecule has 0 radical (unpaired) electrons. The summed E-state index contributed by atoms with van der Waals surface area (Å²) < 4.78 is 10.6. The Hall–Kier alpha value is -1.96. The highest BCUT2D eigenvalue weighted by Crippen LogP contribution is 2.29. The van der Waals surface area contributed by atoms with Crippen molar-refractivity contribution in [2.75, 3.05) is 33.4 Å². The van der Waals surface area contributed by atoms with Gasteiger partial charge in [0.2, 0.25) is 5.91 Å². The Bertz CT molecular complexity index is 737. The van der Waals surface area contributed by atoms with Crippen molar-refractivity contribution in [3.8, 4) is 11.5 Å². The zero-order chi connectivity index (χ0) is 19.1. The Morgan fingerprint density at radius 1 is 1.29 bits per heavy atom. The first-order valence-electron chi connectivity index (χ1n) is 9.57. The lowest BCUT2D eigenvalue weighted by Gasteiger charge is -2.35. The van der Waals surface area contributed by atoms with Crippen molar-refractivity contribution in [1.29, 1.82) is 0 Å². The van der Waals surface area contributed by atoms with Crippen LogP contribution in [-0.4, -0.2) is 49.4 Å². The fourth-order valence-corrected chi connectivity index (χ4v) is 3.46. The molecule has 1 amide bonds. The largest absolute Gasteiger partial charge is 0.384 e. The van der Waals surface area contributed by atoms with Crippen LogP contribution in [-0.2, 0) is 22.4 Å². The lowest BCUT2D eigenvalue weighted by molar-refractivity contribution is -0.136. The Morgan fingerprint density at radius 3 is 2.61 bits per heavy atom. The monoisotopic (exact) mass is 408 g/mol. The van der Waals surface area contributed by atoms with Gasteiger partial charge in [-0.1, -0.05) is 24.2 Å². The van der Waals surface area contributed by atoms with Crippen molar-refractivity contribution in [1.82, 2.24) is 20.8 Å². The molecule has 8 heteroatoms. The SMILES string of the molecule is CCc1noc(-c2ccc(CCNC(=O)C3(COC)CCNCC3)cc2)n1.Cl. The number of hydrogen-bond donors (Lipinski definition) is 2. The molecule has 2 aromatic rings. The third kappa shape index (κ3) is 5.31. The van der Waals surface area contributed by atoms with Crippen molar-refractivity contribution < 1.29 is 14.1 Å². The molecule has 0 unspecified atom stereocenters. The summed E-state index contributed by atoms with van der Waals surface area (Å²) in [7, 11) is 1.66. The van der Waals surface area contributed by atoms with Crippen LogP contribution in [0.4, 0.5) is 0 Å². The zero-order valence-corrected chi connectivity index (χ0v) is 17.3. The molecule has 0 spiro atoms. The maximum atomic E-state index is 12.7. The van der Waals surface area contributed by atoms with Gasteiger partial charge < -0.3 is 19.9 Å². The van der Waals surface area contributed by atoms with Gasteiger partial charge in [0.25, 0.3) is 5.89 Å². The average molecular weight is 409 g/mol. The molecule has 0 saturated carbocycles. The molecule has 1 aromatic carbocycles. The van der Waals surface area contributed by atoms with Crippen LogP contribution in [0.2, 0.25) is 0 Å². The van der Waals surface area contributed by atoms with E-state index in [0.29, 0.717) is 24.9 Å². The molecule has 2 N–H and O–H groups in total. The highest BCUT2D eigenvalue weighted by molar-refractivity contribution is 5.85. The molecule has 3 rings (SSSR count). The van der Waals surface area contributed by atoms with E-state index < -0.39 is 5.41 Å². The molecule has 1 aromatic heterocycles. The molecule has 28 heavy (non-hydrogen) atoms. The predicted molar refractivity (Wildman–Crippen MR) is 109 cm³/mol. The number of halogens is 1. The minimum absolute atomic E-state index is 0. The summed E-state index contributed by atoms with van der Waals surface area (Å²) >= 11 is 0. The number of carbonyl (C=O) groups excluding carboxylic acids is 1. The number of hydrogen-bond acceptors (Lipinski definition) is 6. The fraction of sp³-hybridized carbons (Fsp3) is 0.550. The fourth-order valence-electron chi connectivity index (χ4n) is 3.46. The average Bonchev–Trinajstić information content (AvgIpc) is 3.19. The number of rotatable bonds is 8. The van der Waals surface area contributed by atoms with E-state index in [2.05, 4.69) is 20.8 Å². The third-order valence-corrected chi connectivity index (χ3v) is 5.15. The molecule has 1 fully saturated rings. The number of aromatic nitrogens is 2. The maximum absolute atomic E-state index is 12.7. The van der Waals surface area contributed by atoms with Crippen LogP contribution in [0.3, 0.4) is 0 Å². The first-order chi connectivity index (χ1) is 13.2. The molecule has 1 aliphatic rings. The number of carbonyl (C=O) groups is 1. The summed E-state index contributed by atoms with van der Waals surface area (Å²) in [5.41, 5.74) is 1.66. The van der Waals surface area contributed by atoms with Crippen molar-refractivity contribution in [3.05, 3.63) is 35.7 Å². The second kappa shape index (κ2) is 10.5. The van der Waals surface area contributed by atoms with Gasteiger partial charge >= 0.3 is 0 Å². The van der Waals surface area contributed by atoms with Crippen molar-refractivity contribution in [2.24, 2.45) is 5.41 Å². The number of piperidine rings is 1. The number of nitrogens with one attached hydrogen (secondary N) is 2. The molecule has 1 saturated heterocycles. The minimum atomic E-state index is -0.404. The molecular formula is C20H29ClN4O3. The maximum Gasteiger partial charge on any atom is 0.257 e. The van der Waals surface area contributed by atoms with Gasteiger partial charge in [0, 0.05) is 25.6 Å². The lowest BCUT2D eigenvalue weighted by Crippen LogP contribution is -2.50. The van der Waals surface area contributed by atoms with Gasteiger partial charge in [-0.3, -0.25) is 4.79 Å². The Labute approximate surface area is 172 Å². The summed E-state index contributed by atoms with van der Waals surface area (Å²) in [5, 5.41) is 10.3. The molecule has 0 atom stereocenters. The number of nitrogens with zero attached hydrogens (tertiary/aromatic N) is 2. The molecular weight excluding hydrogens is 380 g/mol. The van der Waals surface area contributed by atoms with Crippen LogP contribution in [0.25, 0.3) is 11.5 Å². The number of amides is 1. The van der Waals surface area contributed by atoms with E-state index in [1.165, 1.54) is 0 Å². The number of ether oxygens (including phenoxy) is 1. The summed E-state index contributed by atoms with van der Waals surface area (Å²) in [6, 6.07) is 8.02. The van der Waals surface area contributed by atoms with Gasteiger partial charge in [0.15, 0.2) is 5.82 Å². The second-order valence-corrected chi connectivity index (χ2v) is 7.04. The van der Waals surface area contributed by atoms with Gasteiger partial charge in [-0.25, -0.2) is 0 Å². The van der Waals surface area contributed by atoms with Gasteiger partial charge in [-0.15, -0.1) is 12.4 Å². The van der Waals surface area contributed by atoms with E-state index in [9.17, 15) is 4.79 Å². The molecule has 0 aliphatic carbocycles. The molecule has 154 valence electrons. The summed E-state index contributed by atoms with van der Waals surface area (Å²) in [4.78, 5) is 17.1. The van der Waals surface area contributed by atoms with E-state index in [-0.39, 0.29) is 18.3 Å². The predicted octanol–water partition coefficient (Wildman–Crippen LogP) is 2.40. The van der Waals surface area contributed by atoms with Crippen LogP contribution in [0.1, 0.15) is 31.2 Å². The standard InChI is InChI=1S/C20H28N4O3.ClH/c1-3-17-23-18(27-24-17)16-6-4-15(5-7-16)8-11-22-19(25)20(14-26-2)9-12-21-13-10-20;/h4-7,21H,3,8-14H2,1-2H3,(H,22,25);1H. The summed E-state index contributed by atoms with van der Waals surface area (Å²) in [6.45, 7) is 4.78. The van der Waals surface area contributed by atoms with Crippen LogP contribution in [0.5, 0.6) is 0 Å². The minimum Gasteiger partial charge on any atom is -0.384 e. The van der Waals surface area contributed by atoms with Crippen LogP contribution in [0.15, 0.2) is 28.8 Å². The molecule has 7 nitrogen and oxygen atoms in total. The highest BCUT2D eigenvalue weighted by atomic mass is 35.5. The highest BCUT2D eigenvalue weighted by Gasteiger charge is 2.39. The first kappa shape index (κ1) is 22.3. The van der Waals surface area contributed by atoms with E-state index in [1.807, 2.05) is 31.2 Å². The van der Waals surface area contributed by atoms with Crippen molar-refractivity contribution >= 4 is 18.3 Å². The van der Waals surface area contributed by atoms with Crippen molar-refractivity contribution in [3.63, 3.8) is 0 Å². The molecule has 2 heterocycles. The topological polar surface area (TPSA) is 89.3 Å². The van der Waals surface area contributed by atoms with Gasteiger partial charge in [0.05, 0.1) is 12.0 Å². The molecule has 0 bridgehead atoms. The van der Waals surface area contributed by atoms with E-state index in [4.69, 9.17) is 9.26 Å². The Morgan fingerprint density at radius 2 is 2.00 bits per heavy atom. The van der Waals surface area contributed by atoms with E-state index in [1.54, 1.807) is 7.11 Å². The van der Waals surface area contributed by atoms with Crippen LogP contribution < -0.4 is 10.6 Å². The Kier molecular flexibility index (Phi) is 8.41. The van der Waals surface area contributed by atoms with Gasteiger partial charge in [0.1, 0.15) is 0 Å². The van der Waals surface area contributed by atoms with Crippen LogP contribution >= 0.6 is 12.4 Å². The second-order valence-electron chi connectivity index (χ2n) is 7.04. The van der Waals surface area contributed by atoms with Gasteiger partial charge in [-0.05, 0) is 50.0 Å². The summed E-state index contributed by atoms with van der Waals surface area (Å²) in [5.74, 6) is 1.35. The van der Waals surface area contributed by atoms with E-state index in [0.717, 1.165) is 49.9 Å². The third-order valence-electron chi connectivity index (χ3n) is 5.15. The number of benzene rings is 1. The first-order valence-corrected chi connectivity index (χ1v) is 9.57. The zero-order valence-electron chi connectivity index (χ0n) is 16.5. The normalized spacial score (nSPS) is 15.6. The van der Waals surface area contributed by atoms with Crippen LogP contribution in [0, 0.1) is 5.41 Å². The lowest BCUT2D eigenvalue weighted by atomic mass is 9.78. The molecule has 1 aliphatic heterocycles. The quantitative estimate of drug-likeness (QED) is 0.697. The smallest absolute Gasteiger partial charge is 0.257 e. The summed E-state index contributed by atoms with van der Waals surface area (Å²) in [6.07, 6.45) is 3.15. The number of methoxy groups -OCH3 is 1. The number of aryl methyl sites for hydroxylation is 1. The Balaban J connectivity index is 0.00000280.